The molecule has 0 spiro atoms. The maximum absolute atomic E-state index is 12.2. The first-order valence-corrected chi connectivity index (χ1v) is 26.8. The molecule has 0 aliphatic rings. The zero-order chi connectivity index (χ0) is 43.2. The second-order valence-corrected chi connectivity index (χ2v) is 18.5. The number of aromatic carboxylic acids is 1. The van der Waals surface area contributed by atoms with Crippen LogP contribution in [0.25, 0.3) is 0 Å². The molecule has 352 valence electrons. The lowest BCUT2D eigenvalue weighted by molar-refractivity contribution is 0.0694. The van der Waals surface area contributed by atoms with Gasteiger partial charge in [-0.15, -0.1) is 0 Å². The summed E-state index contributed by atoms with van der Waals surface area (Å²) in [6, 6.07) is 3.50. The number of hydrogen-bond acceptors (Lipinski definition) is 4. The minimum absolute atomic E-state index is 0.269. The topological polar surface area (TPSA) is 65.0 Å². The summed E-state index contributed by atoms with van der Waals surface area (Å²) >= 11 is 0. The van der Waals surface area contributed by atoms with Crippen molar-refractivity contribution in [2.45, 2.75) is 291 Å². The Morgan fingerprint density at radius 2 is 0.667 bits per heavy atom. The summed E-state index contributed by atoms with van der Waals surface area (Å²) in [5.74, 6) is -0.261. The molecule has 1 N–H and O–H groups in total. The van der Waals surface area contributed by atoms with E-state index in [1.54, 1.807) is 12.1 Å². The average molecular weight is 843 g/mol. The van der Waals surface area contributed by atoms with Crippen LogP contribution in [-0.4, -0.2) is 30.9 Å². The van der Waals surface area contributed by atoms with Crippen molar-refractivity contribution in [1.29, 1.82) is 0 Å². The third-order valence-corrected chi connectivity index (χ3v) is 12.6. The molecule has 1 aromatic carbocycles. The predicted molar refractivity (Wildman–Crippen MR) is 260 cm³/mol. The Morgan fingerprint density at radius 1 is 0.383 bits per heavy atom. The molecule has 0 atom stereocenters. The number of carboxylic acids is 1. The summed E-state index contributed by atoms with van der Waals surface area (Å²) in [6.45, 7) is 9.71. The first-order chi connectivity index (χ1) is 29.6. The lowest BCUT2D eigenvalue weighted by atomic mass is 10.0. The second kappa shape index (κ2) is 45.4. The van der Waals surface area contributed by atoms with Gasteiger partial charge in [-0.3, -0.25) is 0 Å². The van der Waals surface area contributed by atoms with Crippen LogP contribution in [0, 0.1) is 0 Å². The van der Waals surface area contributed by atoms with E-state index in [2.05, 4.69) is 20.8 Å². The molecular formula is C55H102O5. The van der Waals surface area contributed by atoms with Gasteiger partial charge in [-0.1, -0.05) is 258 Å². The van der Waals surface area contributed by atoms with E-state index in [-0.39, 0.29) is 5.56 Å². The average Bonchev–Trinajstić information content (AvgIpc) is 3.25. The fourth-order valence-corrected chi connectivity index (χ4v) is 8.53. The molecule has 0 aromatic heterocycles. The van der Waals surface area contributed by atoms with Gasteiger partial charge < -0.3 is 19.3 Å². The number of carboxylic acid groups (broad SMARTS) is 1. The highest BCUT2D eigenvalue weighted by Gasteiger charge is 2.17. The quantitative estimate of drug-likeness (QED) is 0.0662. The molecule has 0 aliphatic heterocycles. The number of hydrogen-bond donors (Lipinski definition) is 1. The number of unbranched alkanes of at least 4 members (excludes halogenated alkanes) is 37. The summed E-state index contributed by atoms with van der Waals surface area (Å²) in [5.41, 5.74) is 2.13. The summed E-state index contributed by atoms with van der Waals surface area (Å²) in [4.78, 5) is 12.2. The van der Waals surface area contributed by atoms with Gasteiger partial charge >= 0.3 is 5.97 Å². The van der Waals surface area contributed by atoms with Gasteiger partial charge in [0.1, 0.15) is 5.75 Å². The highest BCUT2D eigenvalue weighted by Crippen LogP contribution is 2.28. The summed E-state index contributed by atoms with van der Waals surface area (Å²) in [5, 5.41) is 10.0. The SMILES string of the molecule is CCCCCCCCCCCCCCCCOc1cc(C(=O)O)cc(COCCCCCCCCCCCCCCC)c1COCCCCCCCCCCCCCCC. The molecule has 0 unspecified atom stereocenters. The van der Waals surface area contributed by atoms with Gasteiger partial charge in [0.2, 0.25) is 0 Å². The minimum atomic E-state index is -0.923. The first-order valence-electron chi connectivity index (χ1n) is 26.8. The van der Waals surface area contributed by atoms with Crippen LogP contribution in [-0.2, 0) is 22.7 Å². The van der Waals surface area contributed by atoms with E-state index >= 15 is 0 Å². The van der Waals surface area contributed by atoms with Gasteiger partial charge in [-0.05, 0) is 37.0 Å². The second-order valence-electron chi connectivity index (χ2n) is 18.5. The van der Waals surface area contributed by atoms with Gasteiger partial charge in [0, 0.05) is 18.8 Å². The molecular weight excluding hydrogens is 741 g/mol. The van der Waals surface area contributed by atoms with Crippen LogP contribution in [0.5, 0.6) is 5.75 Å². The number of rotatable bonds is 49. The van der Waals surface area contributed by atoms with Crippen molar-refractivity contribution in [3.05, 3.63) is 28.8 Å². The molecule has 0 bridgehead atoms. The minimum Gasteiger partial charge on any atom is -0.493 e. The molecule has 5 heteroatoms. The maximum Gasteiger partial charge on any atom is 0.335 e. The molecule has 5 nitrogen and oxygen atoms in total. The van der Waals surface area contributed by atoms with E-state index in [1.807, 2.05) is 0 Å². The molecule has 0 heterocycles. The third kappa shape index (κ3) is 35.9. The Hall–Kier alpha value is -1.59. The molecule has 1 aromatic rings. The summed E-state index contributed by atoms with van der Waals surface area (Å²) in [7, 11) is 0. The van der Waals surface area contributed by atoms with E-state index in [4.69, 9.17) is 14.2 Å². The first kappa shape index (κ1) is 56.4. The van der Waals surface area contributed by atoms with E-state index < -0.39 is 5.97 Å². The van der Waals surface area contributed by atoms with Crippen LogP contribution in [0.2, 0.25) is 0 Å². The van der Waals surface area contributed by atoms with Crippen molar-refractivity contribution in [3.8, 4) is 5.75 Å². The van der Waals surface area contributed by atoms with Gasteiger partial charge in [-0.2, -0.15) is 0 Å². The van der Waals surface area contributed by atoms with Gasteiger partial charge in [0.25, 0.3) is 0 Å². The Bertz CT molecular complexity index is 985. The van der Waals surface area contributed by atoms with Crippen molar-refractivity contribution in [3.63, 3.8) is 0 Å². The van der Waals surface area contributed by atoms with Crippen LogP contribution in [0.4, 0.5) is 0 Å². The fourth-order valence-electron chi connectivity index (χ4n) is 8.53. The smallest absolute Gasteiger partial charge is 0.335 e. The zero-order valence-corrected chi connectivity index (χ0v) is 40.6. The molecule has 0 saturated carbocycles. The van der Waals surface area contributed by atoms with E-state index in [0.717, 1.165) is 43.4 Å². The highest BCUT2D eigenvalue weighted by atomic mass is 16.5. The number of carbonyl (C=O) groups is 1. The van der Waals surface area contributed by atoms with Crippen molar-refractivity contribution < 1.29 is 24.1 Å². The Balaban J connectivity index is 2.50. The number of ether oxygens (including phenoxy) is 3. The van der Waals surface area contributed by atoms with E-state index in [9.17, 15) is 9.90 Å². The van der Waals surface area contributed by atoms with Crippen LogP contribution in [0.1, 0.15) is 299 Å². The van der Waals surface area contributed by atoms with Gasteiger partial charge in [0.15, 0.2) is 0 Å². The van der Waals surface area contributed by atoms with Crippen LogP contribution < -0.4 is 4.74 Å². The zero-order valence-electron chi connectivity index (χ0n) is 40.6. The number of benzene rings is 1. The third-order valence-electron chi connectivity index (χ3n) is 12.6. The van der Waals surface area contributed by atoms with Crippen LogP contribution >= 0.6 is 0 Å². The van der Waals surface area contributed by atoms with Crippen molar-refractivity contribution in [2.24, 2.45) is 0 Å². The van der Waals surface area contributed by atoms with E-state index in [1.165, 1.54) is 231 Å². The standard InChI is InChI=1S/C55H102O5/c1-4-7-10-13-16-19-22-25-28-31-34-37-40-43-46-60-54-48-51(55(56)57)47-52(49-58-44-41-38-35-32-29-26-23-20-17-14-11-8-5-2)53(54)50-59-45-42-39-36-33-30-27-24-21-18-15-12-9-6-3/h47-48H,4-46,49-50H2,1-3H3,(H,56,57). The van der Waals surface area contributed by atoms with Crippen molar-refractivity contribution in [1.82, 2.24) is 0 Å². The lowest BCUT2D eigenvalue weighted by Crippen LogP contribution is -2.10. The normalized spacial score (nSPS) is 11.5. The molecule has 0 radical (unpaired) electrons. The Kier molecular flexibility index (Phi) is 42.7. The largest absolute Gasteiger partial charge is 0.493 e. The van der Waals surface area contributed by atoms with Gasteiger partial charge in [-0.25, -0.2) is 4.79 Å². The van der Waals surface area contributed by atoms with Crippen molar-refractivity contribution in [2.75, 3.05) is 19.8 Å². The van der Waals surface area contributed by atoms with Crippen LogP contribution in [0.3, 0.4) is 0 Å². The fraction of sp³-hybridized carbons (Fsp3) is 0.873. The van der Waals surface area contributed by atoms with Crippen molar-refractivity contribution >= 4 is 5.97 Å². The molecule has 0 saturated heterocycles. The maximum atomic E-state index is 12.2. The predicted octanol–water partition coefficient (Wildman–Crippen LogP) is 18.5. The molecule has 0 amide bonds. The Morgan fingerprint density at radius 3 is 0.983 bits per heavy atom. The molecule has 0 aliphatic carbocycles. The molecule has 1 rings (SSSR count). The van der Waals surface area contributed by atoms with Crippen LogP contribution in [0.15, 0.2) is 12.1 Å². The summed E-state index contributed by atoms with van der Waals surface area (Å²) in [6.07, 6.45) is 53.2. The molecule has 0 fully saturated rings. The molecule has 60 heavy (non-hydrogen) atoms. The van der Waals surface area contributed by atoms with Gasteiger partial charge in [0.05, 0.1) is 25.4 Å². The lowest BCUT2D eigenvalue weighted by Gasteiger charge is -2.18. The Labute approximate surface area is 374 Å². The summed E-state index contributed by atoms with van der Waals surface area (Å²) < 4.78 is 18.9. The highest BCUT2D eigenvalue weighted by molar-refractivity contribution is 5.88. The van der Waals surface area contributed by atoms with E-state index in [0.29, 0.717) is 32.2 Å². The monoisotopic (exact) mass is 843 g/mol.